The van der Waals surface area contributed by atoms with Gasteiger partial charge in [-0.25, -0.2) is 0 Å². The molecule has 0 aromatic heterocycles. The minimum absolute atomic E-state index is 0.252. The number of anilines is 1. The van der Waals surface area contributed by atoms with Crippen molar-refractivity contribution in [2.45, 2.75) is 40.0 Å². The molecule has 0 saturated carbocycles. The SMILES string of the molecule is CC(C)c1ccc(NC(=O)C(C)(C)C(=O)NCCCN(C)C)cc1. The van der Waals surface area contributed by atoms with E-state index in [1.165, 1.54) is 5.56 Å². The first-order chi connectivity index (χ1) is 11.1. The molecule has 0 saturated heterocycles. The van der Waals surface area contributed by atoms with E-state index in [2.05, 4.69) is 29.4 Å². The number of benzene rings is 1. The van der Waals surface area contributed by atoms with E-state index in [0.29, 0.717) is 18.2 Å². The largest absolute Gasteiger partial charge is 0.355 e. The van der Waals surface area contributed by atoms with Gasteiger partial charge >= 0.3 is 0 Å². The lowest BCUT2D eigenvalue weighted by molar-refractivity contribution is -0.138. The second-order valence-electron chi connectivity index (χ2n) is 7.27. The Bertz CT molecular complexity index is 548. The van der Waals surface area contributed by atoms with Gasteiger partial charge in [0.2, 0.25) is 11.8 Å². The fourth-order valence-corrected chi connectivity index (χ4v) is 2.16. The van der Waals surface area contributed by atoms with Gasteiger partial charge in [0.25, 0.3) is 0 Å². The molecule has 1 aromatic rings. The molecule has 0 fully saturated rings. The van der Waals surface area contributed by atoms with E-state index in [1.807, 2.05) is 38.4 Å². The Morgan fingerprint density at radius 2 is 1.67 bits per heavy atom. The van der Waals surface area contributed by atoms with Gasteiger partial charge < -0.3 is 15.5 Å². The average molecular weight is 333 g/mol. The molecule has 0 aliphatic heterocycles. The van der Waals surface area contributed by atoms with E-state index in [0.717, 1.165) is 13.0 Å². The summed E-state index contributed by atoms with van der Waals surface area (Å²) in [6.07, 6.45) is 0.854. The topological polar surface area (TPSA) is 61.4 Å². The Labute approximate surface area is 145 Å². The van der Waals surface area contributed by atoms with Crippen molar-refractivity contribution in [3.05, 3.63) is 29.8 Å². The minimum atomic E-state index is -1.12. The van der Waals surface area contributed by atoms with Crippen molar-refractivity contribution in [2.75, 3.05) is 32.5 Å². The zero-order valence-corrected chi connectivity index (χ0v) is 15.8. The van der Waals surface area contributed by atoms with Crippen LogP contribution in [0.3, 0.4) is 0 Å². The highest BCUT2D eigenvalue weighted by Gasteiger charge is 2.35. The fourth-order valence-electron chi connectivity index (χ4n) is 2.16. The molecule has 0 atom stereocenters. The maximum absolute atomic E-state index is 12.5. The number of carbonyl (C=O) groups excluding carboxylic acids is 2. The van der Waals surface area contributed by atoms with Crippen molar-refractivity contribution in [2.24, 2.45) is 5.41 Å². The molecule has 0 spiro atoms. The van der Waals surface area contributed by atoms with Crippen molar-refractivity contribution in [3.63, 3.8) is 0 Å². The first-order valence-corrected chi connectivity index (χ1v) is 8.49. The second-order valence-corrected chi connectivity index (χ2v) is 7.27. The molecule has 1 aromatic carbocycles. The van der Waals surface area contributed by atoms with Crippen LogP contribution in [0, 0.1) is 5.41 Å². The molecule has 0 heterocycles. The number of carbonyl (C=O) groups is 2. The van der Waals surface area contributed by atoms with Crippen LogP contribution in [-0.4, -0.2) is 43.9 Å². The molecular formula is C19H31N3O2. The zero-order valence-electron chi connectivity index (χ0n) is 15.8. The van der Waals surface area contributed by atoms with Gasteiger partial charge in [0.1, 0.15) is 5.41 Å². The van der Waals surface area contributed by atoms with Crippen LogP contribution in [0.4, 0.5) is 5.69 Å². The fraction of sp³-hybridized carbons (Fsp3) is 0.579. The number of amides is 2. The predicted octanol–water partition coefficient (Wildman–Crippen LogP) is 2.84. The monoisotopic (exact) mass is 333 g/mol. The average Bonchev–Trinajstić information content (AvgIpc) is 2.51. The Morgan fingerprint density at radius 1 is 1.08 bits per heavy atom. The van der Waals surface area contributed by atoms with Crippen LogP contribution in [0.5, 0.6) is 0 Å². The van der Waals surface area contributed by atoms with E-state index in [4.69, 9.17) is 0 Å². The molecular weight excluding hydrogens is 302 g/mol. The van der Waals surface area contributed by atoms with Gasteiger partial charge in [0, 0.05) is 12.2 Å². The van der Waals surface area contributed by atoms with Crippen molar-refractivity contribution in [3.8, 4) is 0 Å². The van der Waals surface area contributed by atoms with Crippen molar-refractivity contribution >= 4 is 17.5 Å². The number of nitrogens with zero attached hydrogens (tertiary/aromatic N) is 1. The molecule has 0 aliphatic carbocycles. The van der Waals surface area contributed by atoms with Crippen molar-refractivity contribution in [1.29, 1.82) is 0 Å². The Hall–Kier alpha value is -1.88. The van der Waals surface area contributed by atoms with Gasteiger partial charge in [-0.15, -0.1) is 0 Å². The third-order valence-corrected chi connectivity index (χ3v) is 4.04. The van der Waals surface area contributed by atoms with Crippen LogP contribution >= 0.6 is 0 Å². The van der Waals surface area contributed by atoms with Gasteiger partial charge in [0.15, 0.2) is 0 Å². The lowest BCUT2D eigenvalue weighted by Gasteiger charge is -2.23. The standard InChI is InChI=1S/C19H31N3O2/c1-14(2)15-8-10-16(11-9-15)21-18(24)19(3,4)17(23)20-12-7-13-22(5)6/h8-11,14H,7,12-13H2,1-6H3,(H,20,23)(H,21,24). The number of nitrogens with one attached hydrogen (secondary N) is 2. The predicted molar refractivity (Wildman–Crippen MR) is 99.1 cm³/mol. The number of rotatable bonds is 8. The highest BCUT2D eigenvalue weighted by atomic mass is 16.2. The van der Waals surface area contributed by atoms with Crippen molar-refractivity contribution in [1.82, 2.24) is 10.2 Å². The van der Waals surface area contributed by atoms with Crippen LogP contribution in [0.1, 0.15) is 45.6 Å². The minimum Gasteiger partial charge on any atom is -0.355 e. The molecule has 1 rings (SSSR count). The van der Waals surface area contributed by atoms with E-state index in [1.54, 1.807) is 13.8 Å². The zero-order chi connectivity index (χ0) is 18.3. The molecule has 2 amide bonds. The maximum Gasteiger partial charge on any atom is 0.239 e. The summed E-state index contributed by atoms with van der Waals surface area (Å²) < 4.78 is 0. The van der Waals surface area contributed by atoms with Gasteiger partial charge in [-0.1, -0.05) is 26.0 Å². The first kappa shape index (κ1) is 20.2. The summed E-state index contributed by atoms with van der Waals surface area (Å²) in [6, 6.07) is 7.74. The van der Waals surface area contributed by atoms with E-state index in [9.17, 15) is 9.59 Å². The molecule has 0 aliphatic rings. The van der Waals surface area contributed by atoms with Crippen LogP contribution in [0.15, 0.2) is 24.3 Å². The van der Waals surface area contributed by atoms with E-state index < -0.39 is 5.41 Å². The quantitative estimate of drug-likeness (QED) is 0.568. The number of hydrogen-bond donors (Lipinski definition) is 2. The summed E-state index contributed by atoms with van der Waals surface area (Å²) in [5, 5.41) is 5.67. The normalized spacial score (nSPS) is 11.7. The van der Waals surface area contributed by atoms with Crippen LogP contribution < -0.4 is 10.6 Å². The molecule has 0 radical (unpaired) electrons. The Morgan fingerprint density at radius 3 is 2.17 bits per heavy atom. The van der Waals surface area contributed by atoms with Crippen molar-refractivity contribution < 1.29 is 9.59 Å². The van der Waals surface area contributed by atoms with E-state index in [-0.39, 0.29) is 11.8 Å². The van der Waals surface area contributed by atoms with Crippen LogP contribution in [0.2, 0.25) is 0 Å². The Balaban J connectivity index is 2.58. The van der Waals surface area contributed by atoms with Crippen LogP contribution in [-0.2, 0) is 9.59 Å². The molecule has 2 N–H and O–H groups in total. The molecule has 5 nitrogen and oxygen atoms in total. The van der Waals surface area contributed by atoms with Crippen LogP contribution in [0.25, 0.3) is 0 Å². The van der Waals surface area contributed by atoms with Gasteiger partial charge in [-0.05, 0) is 64.5 Å². The van der Waals surface area contributed by atoms with E-state index >= 15 is 0 Å². The summed E-state index contributed by atoms with van der Waals surface area (Å²) in [6.45, 7) is 9.00. The Kier molecular flexibility index (Phi) is 7.42. The lowest BCUT2D eigenvalue weighted by atomic mass is 9.90. The first-order valence-electron chi connectivity index (χ1n) is 8.49. The lowest BCUT2D eigenvalue weighted by Crippen LogP contribution is -2.45. The highest BCUT2D eigenvalue weighted by Crippen LogP contribution is 2.21. The summed E-state index contributed by atoms with van der Waals surface area (Å²) in [4.78, 5) is 26.8. The van der Waals surface area contributed by atoms with Gasteiger partial charge in [-0.3, -0.25) is 9.59 Å². The molecule has 24 heavy (non-hydrogen) atoms. The number of hydrogen-bond acceptors (Lipinski definition) is 3. The molecule has 5 heteroatoms. The van der Waals surface area contributed by atoms with Gasteiger partial charge in [-0.2, -0.15) is 0 Å². The summed E-state index contributed by atoms with van der Waals surface area (Å²) in [7, 11) is 3.98. The summed E-state index contributed by atoms with van der Waals surface area (Å²) in [5.41, 5.74) is 0.804. The highest BCUT2D eigenvalue weighted by molar-refractivity contribution is 6.09. The molecule has 0 unspecified atom stereocenters. The second kappa shape index (κ2) is 8.83. The van der Waals surface area contributed by atoms with Gasteiger partial charge in [0.05, 0.1) is 0 Å². The maximum atomic E-state index is 12.5. The molecule has 134 valence electrons. The summed E-state index contributed by atoms with van der Waals surface area (Å²) in [5.74, 6) is -0.110. The smallest absolute Gasteiger partial charge is 0.239 e. The molecule has 0 bridgehead atoms. The third-order valence-electron chi connectivity index (χ3n) is 4.04. The third kappa shape index (κ3) is 5.96. The summed E-state index contributed by atoms with van der Waals surface area (Å²) >= 11 is 0.